The van der Waals surface area contributed by atoms with Gasteiger partial charge in [-0.25, -0.2) is 4.39 Å². The summed E-state index contributed by atoms with van der Waals surface area (Å²) in [4.78, 5) is 13.4. The van der Waals surface area contributed by atoms with E-state index in [0.29, 0.717) is 23.4 Å². The summed E-state index contributed by atoms with van der Waals surface area (Å²) in [6, 6.07) is 20.7. The van der Waals surface area contributed by atoms with Crippen LogP contribution < -0.4 is 10.2 Å². The monoisotopic (exact) mass is 440 g/mol. The third-order valence-electron chi connectivity index (χ3n) is 6.50. The highest BCUT2D eigenvalue weighted by atomic mass is 19.1. The molecular formula is C27H25FN4O. The summed E-state index contributed by atoms with van der Waals surface area (Å²) in [7, 11) is 0. The van der Waals surface area contributed by atoms with Crippen molar-refractivity contribution in [2.75, 3.05) is 24.5 Å². The van der Waals surface area contributed by atoms with Crippen LogP contribution in [-0.2, 0) is 5.54 Å². The largest absolute Gasteiger partial charge is 0.358 e. The lowest BCUT2D eigenvalue weighted by Crippen LogP contribution is -2.58. The van der Waals surface area contributed by atoms with Crippen LogP contribution in [0, 0.1) is 12.7 Å². The lowest BCUT2D eigenvalue weighted by molar-refractivity contribution is 0.112. The Kier molecular flexibility index (Phi) is 5.38. The summed E-state index contributed by atoms with van der Waals surface area (Å²) < 4.78 is 14.8. The van der Waals surface area contributed by atoms with E-state index in [1.165, 1.54) is 6.07 Å². The molecule has 1 unspecified atom stereocenters. The summed E-state index contributed by atoms with van der Waals surface area (Å²) >= 11 is 0. The number of aldehydes is 1. The minimum atomic E-state index is -0.488. The fourth-order valence-corrected chi connectivity index (χ4v) is 4.74. The molecule has 1 aliphatic heterocycles. The summed E-state index contributed by atoms with van der Waals surface area (Å²) in [5.41, 5.74) is 3.86. The van der Waals surface area contributed by atoms with E-state index in [1.807, 2.05) is 61.5 Å². The van der Waals surface area contributed by atoms with Crippen molar-refractivity contribution in [3.63, 3.8) is 0 Å². The molecule has 166 valence electrons. The number of rotatable bonds is 4. The second kappa shape index (κ2) is 8.37. The number of aryl methyl sites for hydroxylation is 1. The van der Waals surface area contributed by atoms with Gasteiger partial charge in [-0.1, -0.05) is 30.3 Å². The van der Waals surface area contributed by atoms with Crippen molar-refractivity contribution >= 4 is 22.7 Å². The Morgan fingerprint density at radius 1 is 1.03 bits per heavy atom. The number of carbonyl (C=O) groups is 1. The molecule has 1 aromatic heterocycles. The first kappa shape index (κ1) is 21.2. The number of nitrogens with zero attached hydrogens (tertiary/aromatic N) is 3. The van der Waals surface area contributed by atoms with Gasteiger partial charge in [0.1, 0.15) is 17.8 Å². The number of aromatic nitrogens is 2. The van der Waals surface area contributed by atoms with Gasteiger partial charge in [0.25, 0.3) is 0 Å². The van der Waals surface area contributed by atoms with Crippen molar-refractivity contribution in [3.8, 4) is 11.3 Å². The third-order valence-corrected chi connectivity index (χ3v) is 6.50. The van der Waals surface area contributed by atoms with Gasteiger partial charge in [0.2, 0.25) is 0 Å². The summed E-state index contributed by atoms with van der Waals surface area (Å²) in [5.74, 6) is -0.301. The quantitative estimate of drug-likeness (QED) is 0.458. The molecule has 2 heterocycles. The second-order valence-corrected chi connectivity index (χ2v) is 8.74. The molecule has 5 rings (SSSR count). The van der Waals surface area contributed by atoms with Gasteiger partial charge in [0.05, 0.1) is 11.2 Å². The van der Waals surface area contributed by atoms with Crippen LogP contribution >= 0.6 is 0 Å². The normalized spacial score (nSPS) is 18.5. The summed E-state index contributed by atoms with van der Waals surface area (Å²) in [6.07, 6.45) is 0.850. The lowest BCUT2D eigenvalue weighted by atomic mass is 9.88. The van der Waals surface area contributed by atoms with Gasteiger partial charge in [-0.15, -0.1) is 5.10 Å². The van der Waals surface area contributed by atoms with Gasteiger partial charge < -0.3 is 10.2 Å². The molecule has 0 bridgehead atoms. The molecule has 0 saturated carbocycles. The van der Waals surface area contributed by atoms with E-state index >= 15 is 0 Å². The van der Waals surface area contributed by atoms with Gasteiger partial charge in [-0.2, -0.15) is 5.10 Å². The molecule has 33 heavy (non-hydrogen) atoms. The van der Waals surface area contributed by atoms with Crippen molar-refractivity contribution in [1.82, 2.24) is 15.5 Å². The maximum absolute atomic E-state index is 14.8. The lowest BCUT2D eigenvalue weighted by Gasteiger charge is -2.46. The first-order chi connectivity index (χ1) is 16.0. The molecule has 0 aliphatic carbocycles. The molecule has 1 atom stereocenters. The van der Waals surface area contributed by atoms with Gasteiger partial charge >= 0.3 is 0 Å². The molecule has 3 aromatic carbocycles. The Bertz CT molecular complexity index is 1340. The van der Waals surface area contributed by atoms with Crippen molar-refractivity contribution in [3.05, 3.63) is 89.4 Å². The molecular weight excluding hydrogens is 415 g/mol. The van der Waals surface area contributed by atoms with Crippen molar-refractivity contribution in [2.45, 2.75) is 19.4 Å². The Morgan fingerprint density at radius 2 is 1.79 bits per heavy atom. The van der Waals surface area contributed by atoms with E-state index in [4.69, 9.17) is 5.10 Å². The first-order valence-corrected chi connectivity index (χ1v) is 11.1. The van der Waals surface area contributed by atoms with Crippen LogP contribution in [0.5, 0.6) is 0 Å². The van der Waals surface area contributed by atoms with Crippen LogP contribution in [0.25, 0.3) is 22.0 Å². The van der Waals surface area contributed by atoms with Crippen LogP contribution in [0.2, 0.25) is 0 Å². The fourth-order valence-electron chi connectivity index (χ4n) is 4.74. The Labute approximate surface area is 192 Å². The topological polar surface area (TPSA) is 58.1 Å². The molecule has 1 N–H and O–H groups in total. The number of hydrogen-bond acceptors (Lipinski definition) is 5. The molecule has 1 saturated heterocycles. The number of hydrogen-bond donors (Lipinski definition) is 1. The van der Waals surface area contributed by atoms with Crippen LogP contribution in [0.1, 0.15) is 28.5 Å². The highest BCUT2D eigenvalue weighted by molar-refractivity contribution is 5.96. The van der Waals surface area contributed by atoms with E-state index in [1.54, 1.807) is 6.07 Å². The summed E-state index contributed by atoms with van der Waals surface area (Å²) in [6.45, 7) is 6.31. The van der Waals surface area contributed by atoms with Crippen LogP contribution in [0.4, 0.5) is 10.1 Å². The first-order valence-electron chi connectivity index (χ1n) is 11.1. The zero-order chi connectivity index (χ0) is 23.0. The molecule has 6 heteroatoms. The van der Waals surface area contributed by atoms with E-state index in [0.717, 1.165) is 47.1 Å². The SMILES string of the molecule is Cc1ccc(-c2nnc(C3(C)CNCCN3c3ccc(C=O)cc3)c3ccccc23)c(F)c1. The molecule has 0 amide bonds. The standard InChI is InChI=1S/C27H25FN4O/c1-18-7-12-23(24(28)15-18)25-21-5-3-4-6-22(21)26(31-30-25)27(2)17-29-13-14-32(27)20-10-8-19(16-33)9-11-20/h3-12,15-16,29H,13-14,17H2,1-2H3. The smallest absolute Gasteiger partial charge is 0.150 e. The van der Waals surface area contributed by atoms with Crippen LogP contribution in [0.15, 0.2) is 66.7 Å². The Balaban J connectivity index is 1.67. The molecule has 1 aliphatic rings. The zero-order valence-corrected chi connectivity index (χ0v) is 18.7. The third kappa shape index (κ3) is 3.66. The average Bonchev–Trinajstić information content (AvgIpc) is 2.84. The van der Waals surface area contributed by atoms with Gasteiger partial charge in [-0.3, -0.25) is 4.79 Å². The summed E-state index contributed by atoms with van der Waals surface area (Å²) in [5, 5.41) is 14.6. The Hall–Kier alpha value is -3.64. The minimum absolute atomic E-state index is 0.301. The molecule has 4 aromatic rings. The highest BCUT2D eigenvalue weighted by Crippen LogP contribution is 2.38. The number of nitrogens with one attached hydrogen (secondary N) is 1. The minimum Gasteiger partial charge on any atom is -0.358 e. The fraction of sp³-hybridized carbons (Fsp3) is 0.222. The maximum Gasteiger partial charge on any atom is 0.150 e. The number of halogens is 1. The van der Waals surface area contributed by atoms with Crippen molar-refractivity contribution in [2.24, 2.45) is 0 Å². The Morgan fingerprint density at radius 3 is 2.52 bits per heavy atom. The number of carbonyl (C=O) groups excluding carboxylic acids is 1. The van der Waals surface area contributed by atoms with Gasteiger partial charge in [-0.05, 0) is 55.8 Å². The van der Waals surface area contributed by atoms with E-state index < -0.39 is 5.54 Å². The molecule has 0 radical (unpaired) electrons. The number of piperazine rings is 1. The van der Waals surface area contributed by atoms with E-state index in [-0.39, 0.29) is 5.82 Å². The number of anilines is 1. The van der Waals surface area contributed by atoms with E-state index in [2.05, 4.69) is 22.2 Å². The van der Waals surface area contributed by atoms with Gasteiger partial charge in [0.15, 0.2) is 0 Å². The van der Waals surface area contributed by atoms with Crippen LogP contribution in [0.3, 0.4) is 0 Å². The molecule has 0 spiro atoms. The predicted molar refractivity (Wildman–Crippen MR) is 129 cm³/mol. The molecule has 5 nitrogen and oxygen atoms in total. The van der Waals surface area contributed by atoms with E-state index in [9.17, 15) is 9.18 Å². The van der Waals surface area contributed by atoms with Crippen molar-refractivity contribution in [1.29, 1.82) is 0 Å². The predicted octanol–water partition coefficient (Wildman–Crippen LogP) is 4.88. The average molecular weight is 441 g/mol. The molecule has 1 fully saturated rings. The second-order valence-electron chi connectivity index (χ2n) is 8.74. The highest BCUT2D eigenvalue weighted by Gasteiger charge is 2.39. The maximum atomic E-state index is 14.8. The van der Waals surface area contributed by atoms with Crippen molar-refractivity contribution < 1.29 is 9.18 Å². The van der Waals surface area contributed by atoms with Crippen LogP contribution in [-0.4, -0.2) is 36.1 Å². The van der Waals surface area contributed by atoms with Gasteiger partial charge in [0, 0.05) is 47.2 Å². The number of fused-ring (bicyclic) bond motifs is 1. The zero-order valence-electron chi connectivity index (χ0n) is 18.7. The number of benzene rings is 3.